The Morgan fingerprint density at radius 3 is 3.07 bits per heavy atom. The van der Waals surface area contributed by atoms with Crippen molar-refractivity contribution in [2.75, 3.05) is 13.2 Å². The number of hydrogen-bond donors (Lipinski definition) is 1. The lowest BCUT2D eigenvalue weighted by Crippen LogP contribution is -2.30. The molecule has 0 saturated carbocycles. The second-order valence-electron chi connectivity index (χ2n) is 3.98. The molecule has 0 bridgehead atoms. The molecule has 1 aromatic carbocycles. The molecule has 3 heteroatoms. The van der Waals surface area contributed by atoms with E-state index in [1.165, 1.54) is 0 Å². The Balaban J connectivity index is 2.05. The summed E-state index contributed by atoms with van der Waals surface area (Å²) in [5.74, 6) is 0.858. The molecule has 0 aliphatic carbocycles. The molecule has 0 radical (unpaired) electrons. The van der Waals surface area contributed by atoms with Crippen LogP contribution in [-0.4, -0.2) is 19.3 Å². The maximum absolute atomic E-state index is 13.6. The van der Waals surface area contributed by atoms with Gasteiger partial charge in [0, 0.05) is 5.92 Å². The number of para-hydroxylation sites is 1. The van der Waals surface area contributed by atoms with Gasteiger partial charge in [0.25, 0.3) is 0 Å². The molecule has 2 N–H and O–H groups in total. The van der Waals surface area contributed by atoms with E-state index in [0.29, 0.717) is 19.6 Å². The summed E-state index contributed by atoms with van der Waals surface area (Å²) in [6.07, 6.45) is 0.344. The number of hydrogen-bond acceptors (Lipinski definition) is 2. The molecule has 15 heavy (non-hydrogen) atoms. The number of rotatable bonds is 3. The van der Waals surface area contributed by atoms with Crippen molar-refractivity contribution in [1.29, 1.82) is 0 Å². The van der Waals surface area contributed by atoms with Gasteiger partial charge >= 0.3 is 0 Å². The van der Waals surface area contributed by atoms with Crippen molar-refractivity contribution in [1.82, 2.24) is 0 Å². The summed E-state index contributed by atoms with van der Waals surface area (Å²) in [5.41, 5.74) is 6.45. The van der Waals surface area contributed by atoms with Crippen LogP contribution in [0.15, 0.2) is 24.3 Å². The van der Waals surface area contributed by atoms with Crippen LogP contribution in [0.4, 0.5) is 4.39 Å². The first-order chi connectivity index (χ1) is 7.31. The summed E-state index contributed by atoms with van der Waals surface area (Å²) in [5, 5.41) is 0. The topological polar surface area (TPSA) is 35.2 Å². The highest BCUT2D eigenvalue weighted by atomic mass is 19.1. The molecule has 2 atom stereocenters. The van der Waals surface area contributed by atoms with Crippen LogP contribution in [0.2, 0.25) is 0 Å². The normalized spacial score (nSPS) is 21.6. The zero-order valence-electron chi connectivity index (χ0n) is 8.66. The van der Waals surface area contributed by atoms with E-state index in [-0.39, 0.29) is 5.92 Å². The van der Waals surface area contributed by atoms with Crippen LogP contribution < -0.4 is 10.5 Å². The average molecular weight is 209 g/mol. The Bertz CT molecular complexity index is 329. The van der Waals surface area contributed by atoms with Gasteiger partial charge in [0.2, 0.25) is 0 Å². The van der Waals surface area contributed by atoms with Gasteiger partial charge in [-0.2, -0.15) is 0 Å². The molecule has 1 aliphatic rings. The monoisotopic (exact) mass is 209 g/mol. The lowest BCUT2D eigenvalue weighted by Gasteiger charge is -2.27. The van der Waals surface area contributed by atoms with Crippen LogP contribution in [0, 0.1) is 5.92 Å². The van der Waals surface area contributed by atoms with E-state index in [1.54, 1.807) is 0 Å². The van der Waals surface area contributed by atoms with Crippen molar-refractivity contribution in [3.8, 4) is 5.75 Å². The molecule has 1 aromatic rings. The predicted octanol–water partition coefficient (Wildman–Crippen LogP) is 1.92. The molecule has 0 aromatic heterocycles. The molecule has 0 saturated heterocycles. The average Bonchev–Trinajstić information content (AvgIpc) is 2.29. The van der Waals surface area contributed by atoms with E-state index in [2.05, 4.69) is 0 Å². The highest BCUT2D eigenvalue weighted by molar-refractivity contribution is 5.35. The summed E-state index contributed by atoms with van der Waals surface area (Å²) in [6, 6.07) is 7.82. The summed E-state index contributed by atoms with van der Waals surface area (Å²) in [6.45, 7) is 0.873. The smallest absolute Gasteiger partial charge is 0.122 e. The molecule has 0 amide bonds. The number of benzene rings is 1. The zero-order valence-corrected chi connectivity index (χ0v) is 8.66. The van der Waals surface area contributed by atoms with Crippen LogP contribution in [-0.2, 0) is 6.42 Å². The van der Waals surface area contributed by atoms with Gasteiger partial charge in [-0.05, 0) is 31.0 Å². The van der Waals surface area contributed by atoms with Gasteiger partial charge in [-0.15, -0.1) is 0 Å². The molecular formula is C12H16FNO. The van der Waals surface area contributed by atoms with Crippen LogP contribution in [0.25, 0.3) is 0 Å². The van der Waals surface area contributed by atoms with E-state index in [1.807, 2.05) is 24.3 Å². The van der Waals surface area contributed by atoms with Crippen molar-refractivity contribution in [2.24, 2.45) is 11.7 Å². The predicted molar refractivity (Wildman–Crippen MR) is 57.7 cm³/mol. The SMILES string of the molecule is NCCC(F)C1COc2ccccc2C1. The van der Waals surface area contributed by atoms with Crippen LogP contribution in [0.1, 0.15) is 12.0 Å². The minimum Gasteiger partial charge on any atom is -0.493 e. The first-order valence-electron chi connectivity index (χ1n) is 5.36. The minimum absolute atomic E-state index is 0.0385. The van der Waals surface area contributed by atoms with Gasteiger partial charge in [-0.1, -0.05) is 18.2 Å². The van der Waals surface area contributed by atoms with Gasteiger partial charge in [0.05, 0.1) is 6.61 Å². The molecule has 2 nitrogen and oxygen atoms in total. The van der Waals surface area contributed by atoms with E-state index in [4.69, 9.17) is 10.5 Å². The zero-order chi connectivity index (χ0) is 10.7. The first-order valence-corrected chi connectivity index (χ1v) is 5.36. The van der Waals surface area contributed by atoms with Crippen LogP contribution in [0.5, 0.6) is 5.75 Å². The fourth-order valence-electron chi connectivity index (χ4n) is 1.98. The van der Waals surface area contributed by atoms with Crippen molar-refractivity contribution < 1.29 is 9.13 Å². The Hall–Kier alpha value is -1.09. The molecular weight excluding hydrogens is 193 g/mol. The Kier molecular flexibility index (Phi) is 3.21. The van der Waals surface area contributed by atoms with E-state index >= 15 is 0 Å². The second kappa shape index (κ2) is 4.62. The number of alkyl halides is 1. The lowest BCUT2D eigenvalue weighted by atomic mass is 9.91. The number of nitrogens with two attached hydrogens (primary N) is 1. The van der Waals surface area contributed by atoms with Gasteiger partial charge in [0.15, 0.2) is 0 Å². The first kappa shape index (κ1) is 10.4. The number of ether oxygens (including phenoxy) is 1. The van der Waals surface area contributed by atoms with Crippen molar-refractivity contribution in [3.05, 3.63) is 29.8 Å². The number of fused-ring (bicyclic) bond motifs is 1. The fourth-order valence-corrected chi connectivity index (χ4v) is 1.98. The standard InChI is InChI=1S/C12H16FNO/c13-11(5-6-14)10-7-9-3-1-2-4-12(9)15-8-10/h1-4,10-11H,5-8,14H2. The number of halogens is 1. The molecule has 2 rings (SSSR count). The second-order valence-corrected chi connectivity index (χ2v) is 3.98. The highest BCUT2D eigenvalue weighted by Crippen LogP contribution is 2.29. The summed E-state index contributed by atoms with van der Waals surface area (Å²) in [4.78, 5) is 0. The molecule has 2 unspecified atom stereocenters. The molecule has 1 aliphatic heterocycles. The fraction of sp³-hybridized carbons (Fsp3) is 0.500. The van der Waals surface area contributed by atoms with Crippen molar-refractivity contribution >= 4 is 0 Å². The van der Waals surface area contributed by atoms with Crippen LogP contribution >= 0.6 is 0 Å². The van der Waals surface area contributed by atoms with Crippen molar-refractivity contribution in [2.45, 2.75) is 19.0 Å². The third-order valence-electron chi connectivity index (χ3n) is 2.86. The van der Waals surface area contributed by atoms with Gasteiger partial charge in [-0.3, -0.25) is 0 Å². The third-order valence-corrected chi connectivity index (χ3v) is 2.86. The molecule has 0 fully saturated rings. The summed E-state index contributed by atoms with van der Waals surface area (Å²) >= 11 is 0. The van der Waals surface area contributed by atoms with Gasteiger partial charge in [0.1, 0.15) is 11.9 Å². The molecule has 0 spiro atoms. The van der Waals surface area contributed by atoms with E-state index in [9.17, 15) is 4.39 Å². The maximum Gasteiger partial charge on any atom is 0.122 e. The Labute approximate surface area is 89.2 Å². The minimum atomic E-state index is -0.844. The summed E-state index contributed by atoms with van der Waals surface area (Å²) in [7, 11) is 0. The quantitative estimate of drug-likeness (QED) is 0.825. The van der Waals surface area contributed by atoms with Crippen molar-refractivity contribution in [3.63, 3.8) is 0 Å². The lowest BCUT2D eigenvalue weighted by molar-refractivity contribution is 0.130. The molecule has 1 heterocycles. The van der Waals surface area contributed by atoms with E-state index in [0.717, 1.165) is 17.7 Å². The van der Waals surface area contributed by atoms with Gasteiger partial charge in [-0.25, -0.2) is 4.39 Å². The Morgan fingerprint density at radius 2 is 2.27 bits per heavy atom. The molecule has 82 valence electrons. The maximum atomic E-state index is 13.6. The summed E-state index contributed by atoms with van der Waals surface area (Å²) < 4.78 is 19.1. The third kappa shape index (κ3) is 2.29. The van der Waals surface area contributed by atoms with E-state index < -0.39 is 6.17 Å². The largest absolute Gasteiger partial charge is 0.493 e. The Morgan fingerprint density at radius 1 is 1.47 bits per heavy atom. The highest BCUT2D eigenvalue weighted by Gasteiger charge is 2.26. The van der Waals surface area contributed by atoms with Gasteiger partial charge < -0.3 is 10.5 Å². The van der Waals surface area contributed by atoms with Crippen LogP contribution in [0.3, 0.4) is 0 Å².